The van der Waals surface area contributed by atoms with Crippen molar-refractivity contribution < 1.29 is 0 Å². The minimum Gasteiger partial charge on any atom is -0.384 e. The Labute approximate surface area is 80.0 Å². The average molecular weight is 181 g/mol. The highest BCUT2D eigenvalue weighted by Crippen LogP contribution is 2.17. The van der Waals surface area contributed by atoms with Gasteiger partial charge in [-0.15, -0.1) is 0 Å². The van der Waals surface area contributed by atoms with Crippen molar-refractivity contribution in [1.82, 2.24) is 9.55 Å². The van der Waals surface area contributed by atoms with Crippen LogP contribution in [-0.4, -0.2) is 9.55 Å². The van der Waals surface area contributed by atoms with Gasteiger partial charge in [0.2, 0.25) is 0 Å². The molecule has 0 spiro atoms. The number of anilines is 1. The van der Waals surface area contributed by atoms with Crippen LogP contribution in [0.5, 0.6) is 0 Å². The van der Waals surface area contributed by atoms with Gasteiger partial charge in [0.1, 0.15) is 11.6 Å². The fourth-order valence-electron chi connectivity index (χ4n) is 1.32. The molecule has 13 heavy (non-hydrogen) atoms. The molecule has 1 atom stereocenters. The van der Waals surface area contributed by atoms with Crippen LogP contribution in [0, 0.1) is 12.8 Å². The second kappa shape index (κ2) is 3.81. The molecule has 0 aliphatic carbocycles. The highest BCUT2D eigenvalue weighted by atomic mass is 15.1. The number of nitrogens with two attached hydrogens (primary N) is 1. The maximum Gasteiger partial charge on any atom is 0.126 e. The molecule has 0 aliphatic rings. The molecular weight excluding hydrogens is 162 g/mol. The van der Waals surface area contributed by atoms with E-state index in [0.29, 0.717) is 5.92 Å². The van der Waals surface area contributed by atoms with Crippen LogP contribution in [0.25, 0.3) is 0 Å². The smallest absolute Gasteiger partial charge is 0.126 e. The average Bonchev–Trinajstić information content (AvgIpc) is 2.34. The highest BCUT2D eigenvalue weighted by molar-refractivity contribution is 5.37. The van der Waals surface area contributed by atoms with Gasteiger partial charge in [0.15, 0.2) is 0 Å². The van der Waals surface area contributed by atoms with Gasteiger partial charge in [0.25, 0.3) is 0 Å². The van der Waals surface area contributed by atoms with E-state index in [1.165, 1.54) is 6.42 Å². The summed E-state index contributed by atoms with van der Waals surface area (Å²) in [5.74, 6) is 2.48. The molecule has 0 fully saturated rings. The van der Waals surface area contributed by atoms with Gasteiger partial charge in [-0.25, -0.2) is 4.98 Å². The zero-order valence-electron chi connectivity index (χ0n) is 8.96. The van der Waals surface area contributed by atoms with E-state index in [0.717, 1.165) is 23.8 Å². The quantitative estimate of drug-likeness (QED) is 0.774. The van der Waals surface area contributed by atoms with Crippen LogP contribution in [0.15, 0.2) is 0 Å². The number of nitrogen functional groups attached to an aromatic ring is 1. The summed E-state index contributed by atoms with van der Waals surface area (Å²) in [6, 6.07) is 0. The number of nitrogens with zero attached hydrogens (tertiary/aromatic N) is 2. The van der Waals surface area contributed by atoms with E-state index in [1.807, 2.05) is 18.5 Å². The Kier molecular flexibility index (Phi) is 2.96. The Hall–Kier alpha value is -0.990. The monoisotopic (exact) mass is 181 g/mol. The van der Waals surface area contributed by atoms with Crippen molar-refractivity contribution in [3.05, 3.63) is 11.5 Å². The van der Waals surface area contributed by atoms with Crippen LogP contribution in [0.4, 0.5) is 5.82 Å². The first-order chi connectivity index (χ1) is 6.06. The number of imidazole rings is 1. The molecule has 74 valence electrons. The summed E-state index contributed by atoms with van der Waals surface area (Å²) in [5.41, 5.74) is 6.96. The maximum absolute atomic E-state index is 5.91. The molecule has 1 heterocycles. The van der Waals surface area contributed by atoms with Crippen molar-refractivity contribution in [1.29, 1.82) is 0 Å². The molecule has 0 aromatic carbocycles. The molecule has 0 aliphatic heterocycles. The largest absolute Gasteiger partial charge is 0.384 e. The highest BCUT2D eigenvalue weighted by Gasteiger charge is 2.11. The number of aromatic nitrogens is 2. The predicted molar refractivity (Wildman–Crippen MR) is 55.5 cm³/mol. The van der Waals surface area contributed by atoms with E-state index in [2.05, 4.69) is 18.8 Å². The summed E-state index contributed by atoms with van der Waals surface area (Å²) in [7, 11) is 1.96. The van der Waals surface area contributed by atoms with Crippen molar-refractivity contribution in [2.24, 2.45) is 13.0 Å². The van der Waals surface area contributed by atoms with Gasteiger partial charge in [-0.2, -0.15) is 0 Å². The van der Waals surface area contributed by atoms with Crippen molar-refractivity contribution in [2.75, 3.05) is 5.73 Å². The first kappa shape index (κ1) is 10.1. The Balaban J connectivity index is 2.83. The lowest BCUT2D eigenvalue weighted by Gasteiger charge is -2.06. The first-order valence-corrected chi connectivity index (χ1v) is 4.83. The van der Waals surface area contributed by atoms with Crippen LogP contribution >= 0.6 is 0 Å². The number of rotatable bonds is 3. The molecule has 2 N–H and O–H groups in total. The second-order valence-electron chi connectivity index (χ2n) is 3.77. The second-order valence-corrected chi connectivity index (χ2v) is 3.77. The SMILES string of the molecule is CCC(C)Cc1nc(C)n(C)c1N. The standard InChI is InChI=1S/C10H19N3/c1-5-7(2)6-9-10(11)13(4)8(3)12-9/h7H,5-6,11H2,1-4H3. The van der Waals surface area contributed by atoms with E-state index in [4.69, 9.17) is 5.73 Å². The molecule has 1 unspecified atom stereocenters. The van der Waals surface area contributed by atoms with Crippen LogP contribution < -0.4 is 5.73 Å². The normalized spacial score (nSPS) is 13.2. The third-order valence-electron chi connectivity index (χ3n) is 2.68. The maximum atomic E-state index is 5.91. The summed E-state index contributed by atoms with van der Waals surface area (Å²) in [6.45, 7) is 6.40. The minimum absolute atomic E-state index is 0.664. The van der Waals surface area contributed by atoms with Gasteiger partial charge in [-0.1, -0.05) is 20.3 Å². The molecule has 0 amide bonds. The van der Waals surface area contributed by atoms with Crippen LogP contribution in [0.2, 0.25) is 0 Å². The number of hydrogen-bond donors (Lipinski definition) is 1. The minimum atomic E-state index is 0.664. The third kappa shape index (κ3) is 2.02. The molecule has 3 nitrogen and oxygen atoms in total. The van der Waals surface area contributed by atoms with Crippen LogP contribution in [0.3, 0.4) is 0 Å². The molecule has 1 aromatic rings. The van der Waals surface area contributed by atoms with Crippen molar-refractivity contribution in [3.8, 4) is 0 Å². The van der Waals surface area contributed by atoms with Crippen LogP contribution in [-0.2, 0) is 13.5 Å². The van der Waals surface area contributed by atoms with Gasteiger partial charge in [-0.05, 0) is 19.3 Å². The topological polar surface area (TPSA) is 43.8 Å². The lowest BCUT2D eigenvalue weighted by Crippen LogP contribution is -2.03. The zero-order chi connectivity index (χ0) is 10.0. The molecule has 1 aromatic heterocycles. The Bertz CT molecular complexity index is 289. The fraction of sp³-hybridized carbons (Fsp3) is 0.700. The first-order valence-electron chi connectivity index (χ1n) is 4.83. The lowest BCUT2D eigenvalue weighted by atomic mass is 10.0. The van der Waals surface area contributed by atoms with E-state index >= 15 is 0 Å². The Morgan fingerprint density at radius 1 is 1.54 bits per heavy atom. The molecule has 0 bridgehead atoms. The zero-order valence-corrected chi connectivity index (χ0v) is 8.96. The number of aryl methyl sites for hydroxylation is 1. The van der Waals surface area contributed by atoms with Gasteiger partial charge < -0.3 is 10.3 Å². The van der Waals surface area contributed by atoms with Gasteiger partial charge >= 0.3 is 0 Å². The van der Waals surface area contributed by atoms with E-state index in [-0.39, 0.29) is 0 Å². The Morgan fingerprint density at radius 3 is 2.54 bits per heavy atom. The van der Waals surface area contributed by atoms with Gasteiger partial charge in [0, 0.05) is 7.05 Å². The molecule has 3 heteroatoms. The molecular formula is C10H19N3. The van der Waals surface area contributed by atoms with E-state index in [1.54, 1.807) is 0 Å². The number of hydrogen-bond acceptors (Lipinski definition) is 2. The summed E-state index contributed by atoms with van der Waals surface area (Å²) < 4.78 is 1.94. The van der Waals surface area contributed by atoms with E-state index in [9.17, 15) is 0 Å². The summed E-state index contributed by atoms with van der Waals surface area (Å²) in [4.78, 5) is 4.44. The Morgan fingerprint density at radius 2 is 2.15 bits per heavy atom. The summed E-state index contributed by atoms with van der Waals surface area (Å²) in [6.07, 6.45) is 2.17. The predicted octanol–water partition coefficient (Wildman–Crippen LogP) is 1.90. The lowest BCUT2D eigenvalue weighted by molar-refractivity contribution is 0.554. The summed E-state index contributed by atoms with van der Waals surface area (Å²) >= 11 is 0. The van der Waals surface area contributed by atoms with Crippen molar-refractivity contribution in [3.63, 3.8) is 0 Å². The van der Waals surface area contributed by atoms with Crippen molar-refractivity contribution >= 4 is 5.82 Å². The van der Waals surface area contributed by atoms with Crippen LogP contribution in [0.1, 0.15) is 31.8 Å². The fourth-order valence-corrected chi connectivity index (χ4v) is 1.32. The molecule has 0 saturated heterocycles. The third-order valence-corrected chi connectivity index (χ3v) is 2.68. The van der Waals surface area contributed by atoms with Crippen molar-refractivity contribution in [2.45, 2.75) is 33.6 Å². The molecule has 0 saturated carbocycles. The molecule has 1 rings (SSSR count). The van der Waals surface area contributed by atoms with Gasteiger partial charge in [0.05, 0.1) is 5.69 Å². The van der Waals surface area contributed by atoms with Gasteiger partial charge in [-0.3, -0.25) is 0 Å². The summed E-state index contributed by atoms with van der Waals surface area (Å²) in [5, 5.41) is 0. The van der Waals surface area contributed by atoms with E-state index < -0.39 is 0 Å². The molecule has 0 radical (unpaired) electrons.